The maximum atomic E-state index is 12.7. The molecule has 0 amide bonds. The summed E-state index contributed by atoms with van der Waals surface area (Å²) in [6, 6.07) is 24.3. The fourth-order valence-corrected chi connectivity index (χ4v) is 4.54. The van der Waals surface area contributed by atoms with Crippen LogP contribution >= 0.6 is 0 Å². The molecule has 0 saturated heterocycles. The highest BCUT2D eigenvalue weighted by molar-refractivity contribution is 6.10. The van der Waals surface area contributed by atoms with E-state index < -0.39 is 5.78 Å². The van der Waals surface area contributed by atoms with Gasteiger partial charge in [0.1, 0.15) is 47.5 Å². The maximum Gasteiger partial charge on any atom is 0.193 e. The standard InChI is InChI=1S/C40H38O7/c1-27(2)19-21-46-32-15-16-34(37(43)24-32)35(41)17-13-30-9-11-31(12-10-30)23-28(3)20-22-47-33-25-38(44)40(39(45)26-33)36(42)18-14-29-7-5-4-6-8-29/h4-20,24-26,43-45H,21-23H2,1-3H3/b17-13+,18-14+,28-20+. The molecule has 0 bridgehead atoms. The number of carbonyl (C=O) groups excluding carboxylic acids is 2. The maximum absolute atomic E-state index is 12.7. The van der Waals surface area contributed by atoms with Gasteiger partial charge in [-0.15, -0.1) is 0 Å². The molecule has 7 nitrogen and oxygen atoms in total. The summed E-state index contributed by atoms with van der Waals surface area (Å²) in [5.74, 6) is -0.989. The lowest BCUT2D eigenvalue weighted by molar-refractivity contribution is 0.103. The van der Waals surface area contributed by atoms with Crippen LogP contribution in [-0.2, 0) is 6.42 Å². The van der Waals surface area contributed by atoms with E-state index in [1.807, 2.05) is 87.5 Å². The summed E-state index contributed by atoms with van der Waals surface area (Å²) in [6.45, 7) is 6.50. The summed E-state index contributed by atoms with van der Waals surface area (Å²) >= 11 is 0. The van der Waals surface area contributed by atoms with Crippen LogP contribution in [-0.4, -0.2) is 40.1 Å². The van der Waals surface area contributed by atoms with E-state index in [-0.39, 0.29) is 46.5 Å². The summed E-state index contributed by atoms with van der Waals surface area (Å²) < 4.78 is 11.3. The summed E-state index contributed by atoms with van der Waals surface area (Å²) in [5, 5.41) is 31.1. The highest BCUT2D eigenvalue weighted by Gasteiger charge is 2.16. The van der Waals surface area contributed by atoms with Crippen LogP contribution in [0.15, 0.2) is 120 Å². The fraction of sp³-hybridized carbons (Fsp3) is 0.150. The van der Waals surface area contributed by atoms with Crippen molar-refractivity contribution in [2.24, 2.45) is 0 Å². The number of ketones is 2. The second-order valence-corrected chi connectivity index (χ2v) is 11.2. The number of hydrogen-bond acceptors (Lipinski definition) is 7. The molecule has 0 fully saturated rings. The minimum absolute atomic E-state index is 0.136. The number of rotatable bonds is 14. The van der Waals surface area contributed by atoms with Crippen molar-refractivity contribution in [3.63, 3.8) is 0 Å². The normalized spacial score (nSPS) is 11.5. The van der Waals surface area contributed by atoms with Gasteiger partial charge >= 0.3 is 0 Å². The smallest absolute Gasteiger partial charge is 0.193 e. The van der Waals surface area contributed by atoms with Crippen molar-refractivity contribution in [3.05, 3.63) is 148 Å². The van der Waals surface area contributed by atoms with Crippen molar-refractivity contribution < 1.29 is 34.4 Å². The number of aromatic hydroxyl groups is 3. The Labute approximate surface area is 275 Å². The largest absolute Gasteiger partial charge is 0.507 e. The molecule has 0 spiro atoms. The first kappa shape index (κ1) is 34.1. The number of carbonyl (C=O) groups is 2. The van der Waals surface area contributed by atoms with Crippen LogP contribution < -0.4 is 9.47 Å². The first-order chi connectivity index (χ1) is 22.6. The molecule has 3 N–H and O–H groups in total. The average Bonchev–Trinajstić information content (AvgIpc) is 3.03. The van der Waals surface area contributed by atoms with Crippen molar-refractivity contribution in [2.45, 2.75) is 27.2 Å². The van der Waals surface area contributed by atoms with Gasteiger partial charge in [-0.3, -0.25) is 9.59 Å². The predicted molar refractivity (Wildman–Crippen MR) is 185 cm³/mol. The number of benzene rings is 4. The Balaban J connectivity index is 1.28. The SMILES string of the molecule is CC(C)=CCOc1ccc(C(=O)/C=C/c2ccc(C/C(C)=C/COc3cc(O)c(C(=O)/C=C/c4ccccc4)c(O)c3)cc2)c(O)c1. The van der Waals surface area contributed by atoms with E-state index in [4.69, 9.17) is 9.47 Å². The van der Waals surface area contributed by atoms with E-state index in [1.165, 1.54) is 30.4 Å². The van der Waals surface area contributed by atoms with E-state index >= 15 is 0 Å². The first-order valence-electron chi connectivity index (χ1n) is 15.1. The van der Waals surface area contributed by atoms with Gasteiger partial charge < -0.3 is 24.8 Å². The van der Waals surface area contributed by atoms with Gasteiger partial charge in [-0.05, 0) is 80.3 Å². The lowest BCUT2D eigenvalue weighted by Crippen LogP contribution is -1.99. The number of allylic oxidation sites excluding steroid dienone is 4. The van der Waals surface area contributed by atoms with Crippen LogP contribution in [0.25, 0.3) is 12.2 Å². The summed E-state index contributed by atoms with van der Waals surface area (Å²) in [5.41, 5.74) is 4.90. The van der Waals surface area contributed by atoms with Crippen LogP contribution in [0.1, 0.15) is 58.2 Å². The first-order valence-corrected chi connectivity index (χ1v) is 15.1. The molecule has 240 valence electrons. The molecule has 0 saturated carbocycles. The summed E-state index contributed by atoms with van der Waals surface area (Å²) in [4.78, 5) is 25.2. The molecule has 47 heavy (non-hydrogen) atoms. The van der Waals surface area contributed by atoms with Gasteiger partial charge in [0.2, 0.25) is 0 Å². The molecular formula is C40H38O7. The van der Waals surface area contributed by atoms with Gasteiger partial charge in [0.15, 0.2) is 11.6 Å². The van der Waals surface area contributed by atoms with E-state index in [0.717, 1.165) is 27.8 Å². The molecular weight excluding hydrogens is 592 g/mol. The Morgan fingerprint density at radius 1 is 0.638 bits per heavy atom. The number of phenolic OH excluding ortho intramolecular Hbond substituents is 3. The zero-order valence-corrected chi connectivity index (χ0v) is 26.6. The molecule has 0 atom stereocenters. The lowest BCUT2D eigenvalue weighted by atomic mass is 10.0. The molecule has 0 unspecified atom stereocenters. The minimum atomic E-state index is -0.523. The molecule has 0 aliphatic rings. The zero-order valence-electron chi connectivity index (χ0n) is 26.6. The second kappa shape index (κ2) is 16.5. The second-order valence-electron chi connectivity index (χ2n) is 11.2. The van der Waals surface area contributed by atoms with Crippen molar-refractivity contribution in [1.29, 1.82) is 0 Å². The third-order valence-corrected chi connectivity index (χ3v) is 7.09. The fourth-order valence-electron chi connectivity index (χ4n) is 4.54. The van der Waals surface area contributed by atoms with E-state index in [9.17, 15) is 24.9 Å². The highest BCUT2D eigenvalue weighted by atomic mass is 16.5. The van der Waals surface area contributed by atoms with Crippen molar-refractivity contribution >= 4 is 23.7 Å². The van der Waals surface area contributed by atoms with E-state index in [0.29, 0.717) is 18.8 Å². The highest BCUT2D eigenvalue weighted by Crippen LogP contribution is 2.33. The van der Waals surface area contributed by atoms with Crippen molar-refractivity contribution in [1.82, 2.24) is 0 Å². The Bertz CT molecular complexity index is 1800. The van der Waals surface area contributed by atoms with Gasteiger partial charge in [0.25, 0.3) is 0 Å². The topological polar surface area (TPSA) is 113 Å². The summed E-state index contributed by atoms with van der Waals surface area (Å²) in [7, 11) is 0. The molecule has 4 aromatic rings. The number of ether oxygens (including phenoxy) is 2. The van der Waals surface area contributed by atoms with Crippen molar-refractivity contribution in [2.75, 3.05) is 13.2 Å². The van der Waals surface area contributed by atoms with E-state index in [2.05, 4.69) is 0 Å². The Morgan fingerprint density at radius 3 is 1.85 bits per heavy atom. The Morgan fingerprint density at radius 2 is 1.21 bits per heavy atom. The third kappa shape index (κ3) is 10.4. The van der Waals surface area contributed by atoms with E-state index in [1.54, 1.807) is 24.3 Å². The monoisotopic (exact) mass is 630 g/mol. The van der Waals surface area contributed by atoms with Gasteiger partial charge in [-0.1, -0.05) is 77.9 Å². The Kier molecular flexibility index (Phi) is 11.9. The quantitative estimate of drug-likeness (QED) is 0.0727. The van der Waals surface area contributed by atoms with Gasteiger partial charge in [0.05, 0.1) is 5.56 Å². The van der Waals surface area contributed by atoms with Crippen LogP contribution in [0.4, 0.5) is 0 Å². The van der Waals surface area contributed by atoms with Crippen LogP contribution in [0.3, 0.4) is 0 Å². The molecule has 0 aliphatic heterocycles. The predicted octanol–water partition coefficient (Wildman–Crippen LogP) is 8.51. The molecule has 0 aliphatic carbocycles. The summed E-state index contributed by atoms with van der Waals surface area (Å²) in [6.07, 6.45) is 10.5. The van der Waals surface area contributed by atoms with Crippen molar-refractivity contribution in [3.8, 4) is 28.7 Å². The number of hydrogen-bond donors (Lipinski definition) is 3. The molecule has 4 rings (SSSR count). The van der Waals surface area contributed by atoms with Crippen LogP contribution in [0.5, 0.6) is 28.7 Å². The molecule has 0 heterocycles. The van der Waals surface area contributed by atoms with Crippen LogP contribution in [0.2, 0.25) is 0 Å². The molecule has 4 aromatic carbocycles. The average molecular weight is 631 g/mol. The Hall–Kier alpha value is -5.82. The number of phenols is 3. The van der Waals surface area contributed by atoms with Crippen LogP contribution in [0, 0.1) is 0 Å². The minimum Gasteiger partial charge on any atom is -0.507 e. The van der Waals surface area contributed by atoms with Gasteiger partial charge in [-0.25, -0.2) is 0 Å². The molecule has 7 heteroatoms. The van der Waals surface area contributed by atoms with Gasteiger partial charge in [-0.2, -0.15) is 0 Å². The molecule has 0 radical (unpaired) electrons. The molecule has 0 aromatic heterocycles. The van der Waals surface area contributed by atoms with Gasteiger partial charge in [0, 0.05) is 18.2 Å². The zero-order chi connectivity index (χ0) is 33.8. The lowest BCUT2D eigenvalue weighted by Gasteiger charge is -2.09. The third-order valence-electron chi connectivity index (χ3n) is 7.09.